The summed E-state index contributed by atoms with van der Waals surface area (Å²) in [5, 5.41) is 13.6. The number of nitro groups is 1. The molecular weight excluding hydrogens is 342 g/mol. The Labute approximate surface area is 158 Å². The molecule has 0 atom stereocenters. The lowest BCUT2D eigenvalue weighted by Crippen LogP contribution is -2.29. The van der Waals surface area contributed by atoms with Crippen LogP contribution in [0.4, 0.5) is 11.4 Å². The fraction of sp³-hybridized carbons (Fsp3) is 0.286. The van der Waals surface area contributed by atoms with Gasteiger partial charge in [-0.3, -0.25) is 19.8 Å². The summed E-state index contributed by atoms with van der Waals surface area (Å²) in [6.45, 7) is 3.25. The van der Waals surface area contributed by atoms with E-state index in [1.54, 1.807) is 18.2 Å². The first kappa shape index (κ1) is 18.8. The van der Waals surface area contributed by atoms with Gasteiger partial charge in [-0.1, -0.05) is 30.7 Å². The summed E-state index contributed by atoms with van der Waals surface area (Å²) in [6.07, 6.45) is 6.80. The number of hydrogen-bond donors (Lipinski definition) is 1. The van der Waals surface area contributed by atoms with E-state index in [0.29, 0.717) is 5.56 Å². The lowest BCUT2D eigenvalue weighted by molar-refractivity contribution is -0.384. The zero-order chi connectivity index (χ0) is 19.1. The summed E-state index contributed by atoms with van der Waals surface area (Å²) in [5.41, 5.74) is 2.58. The van der Waals surface area contributed by atoms with Gasteiger partial charge in [0.15, 0.2) is 0 Å². The maximum Gasteiger partial charge on any atom is 0.270 e. The molecule has 6 heteroatoms. The van der Waals surface area contributed by atoms with Crippen molar-refractivity contribution < 1.29 is 9.72 Å². The smallest absolute Gasteiger partial charge is 0.270 e. The van der Waals surface area contributed by atoms with Gasteiger partial charge >= 0.3 is 0 Å². The number of anilines is 1. The Balaban J connectivity index is 1.54. The Morgan fingerprint density at radius 1 is 1.11 bits per heavy atom. The largest absolute Gasteiger partial charge is 0.323 e. The second-order valence-electron chi connectivity index (χ2n) is 6.71. The molecule has 1 aliphatic heterocycles. The molecule has 0 bridgehead atoms. The number of non-ortho nitro benzene ring substituents is 1. The van der Waals surface area contributed by atoms with Crippen molar-refractivity contribution >= 4 is 23.4 Å². The molecule has 1 amide bonds. The van der Waals surface area contributed by atoms with Crippen molar-refractivity contribution in [2.45, 2.75) is 25.8 Å². The number of piperidine rings is 1. The quantitative estimate of drug-likeness (QED) is 0.472. The van der Waals surface area contributed by atoms with Crippen LogP contribution in [0.5, 0.6) is 0 Å². The third-order valence-corrected chi connectivity index (χ3v) is 4.58. The molecule has 1 fully saturated rings. The molecule has 6 nitrogen and oxygen atoms in total. The molecule has 1 N–H and O–H groups in total. The van der Waals surface area contributed by atoms with Gasteiger partial charge in [-0.15, -0.1) is 0 Å². The van der Waals surface area contributed by atoms with E-state index in [1.807, 2.05) is 24.3 Å². The fourth-order valence-electron chi connectivity index (χ4n) is 3.17. The second kappa shape index (κ2) is 9.09. The topological polar surface area (TPSA) is 75.5 Å². The highest BCUT2D eigenvalue weighted by Crippen LogP contribution is 2.16. The molecule has 0 radical (unpaired) electrons. The van der Waals surface area contributed by atoms with E-state index < -0.39 is 4.92 Å². The predicted molar refractivity (Wildman–Crippen MR) is 106 cm³/mol. The number of carbonyl (C=O) groups excluding carboxylic acids is 1. The van der Waals surface area contributed by atoms with Crippen molar-refractivity contribution in [3.05, 3.63) is 75.8 Å². The lowest BCUT2D eigenvalue weighted by atomic mass is 10.1. The van der Waals surface area contributed by atoms with E-state index in [1.165, 1.54) is 43.0 Å². The van der Waals surface area contributed by atoms with Gasteiger partial charge in [0.2, 0.25) is 5.91 Å². The highest BCUT2D eigenvalue weighted by Gasteiger charge is 2.10. The molecule has 1 saturated heterocycles. The molecule has 2 aromatic carbocycles. The number of nitrogens with zero attached hydrogens (tertiary/aromatic N) is 2. The predicted octanol–water partition coefficient (Wildman–Crippen LogP) is 4.23. The first-order valence-corrected chi connectivity index (χ1v) is 9.15. The monoisotopic (exact) mass is 365 g/mol. The molecule has 1 aliphatic rings. The third-order valence-electron chi connectivity index (χ3n) is 4.58. The van der Waals surface area contributed by atoms with E-state index in [0.717, 1.165) is 25.3 Å². The van der Waals surface area contributed by atoms with Gasteiger partial charge in [0.05, 0.1) is 4.92 Å². The van der Waals surface area contributed by atoms with Crippen LogP contribution in [0, 0.1) is 10.1 Å². The molecule has 27 heavy (non-hydrogen) atoms. The van der Waals surface area contributed by atoms with Gasteiger partial charge in [0, 0.05) is 30.4 Å². The molecule has 0 saturated carbocycles. The van der Waals surface area contributed by atoms with Crippen molar-refractivity contribution in [3.63, 3.8) is 0 Å². The SMILES string of the molecule is O=C(/C=C/c1cccc([N+](=O)[O-])c1)Nc1ccc(CN2CCCCC2)cc1. The number of amides is 1. The van der Waals surface area contributed by atoms with Gasteiger partial charge in [-0.25, -0.2) is 0 Å². The van der Waals surface area contributed by atoms with Crippen LogP contribution in [0.3, 0.4) is 0 Å². The zero-order valence-corrected chi connectivity index (χ0v) is 15.1. The molecule has 0 aliphatic carbocycles. The molecular formula is C21H23N3O3. The molecule has 2 aromatic rings. The number of nitrogens with one attached hydrogen (secondary N) is 1. The molecule has 0 aromatic heterocycles. The molecule has 0 unspecified atom stereocenters. The van der Waals surface area contributed by atoms with Gasteiger partial charge in [-0.2, -0.15) is 0 Å². The molecule has 1 heterocycles. The summed E-state index contributed by atoms with van der Waals surface area (Å²) in [6, 6.07) is 14.0. The van der Waals surface area contributed by atoms with Crippen molar-refractivity contribution in [2.24, 2.45) is 0 Å². The fourth-order valence-corrected chi connectivity index (χ4v) is 3.17. The van der Waals surface area contributed by atoms with E-state index in [-0.39, 0.29) is 11.6 Å². The second-order valence-corrected chi connectivity index (χ2v) is 6.71. The number of nitro benzene ring substituents is 1. The third kappa shape index (κ3) is 5.76. The van der Waals surface area contributed by atoms with Crippen molar-refractivity contribution in [2.75, 3.05) is 18.4 Å². The van der Waals surface area contributed by atoms with Crippen LogP contribution < -0.4 is 5.32 Å². The van der Waals surface area contributed by atoms with Crippen LogP contribution >= 0.6 is 0 Å². The maximum absolute atomic E-state index is 12.1. The van der Waals surface area contributed by atoms with E-state index >= 15 is 0 Å². The average Bonchev–Trinajstić information content (AvgIpc) is 2.69. The lowest BCUT2D eigenvalue weighted by Gasteiger charge is -2.26. The van der Waals surface area contributed by atoms with E-state index in [2.05, 4.69) is 10.2 Å². The summed E-state index contributed by atoms with van der Waals surface area (Å²) in [5.74, 6) is -0.273. The average molecular weight is 365 g/mol. The van der Waals surface area contributed by atoms with Gasteiger partial charge in [-0.05, 0) is 55.3 Å². The number of benzene rings is 2. The molecule has 3 rings (SSSR count). The Morgan fingerprint density at radius 3 is 2.56 bits per heavy atom. The van der Waals surface area contributed by atoms with Crippen LogP contribution in [-0.2, 0) is 11.3 Å². The van der Waals surface area contributed by atoms with Gasteiger partial charge in [0.25, 0.3) is 5.69 Å². The summed E-state index contributed by atoms with van der Waals surface area (Å²) in [7, 11) is 0. The van der Waals surface area contributed by atoms with Crippen molar-refractivity contribution in [1.29, 1.82) is 0 Å². The van der Waals surface area contributed by atoms with Crippen LogP contribution in [0.2, 0.25) is 0 Å². The maximum atomic E-state index is 12.1. The minimum Gasteiger partial charge on any atom is -0.323 e. The summed E-state index contributed by atoms with van der Waals surface area (Å²) in [4.78, 5) is 24.9. The molecule has 0 spiro atoms. The first-order valence-electron chi connectivity index (χ1n) is 9.15. The normalized spacial score (nSPS) is 15.0. The van der Waals surface area contributed by atoms with Crippen molar-refractivity contribution in [3.8, 4) is 0 Å². The highest BCUT2D eigenvalue weighted by atomic mass is 16.6. The summed E-state index contributed by atoms with van der Waals surface area (Å²) >= 11 is 0. The Morgan fingerprint density at radius 2 is 1.85 bits per heavy atom. The Bertz CT molecular complexity index is 825. The highest BCUT2D eigenvalue weighted by molar-refractivity contribution is 6.01. The minimum atomic E-state index is -0.455. The van der Waals surface area contributed by atoms with Crippen LogP contribution in [0.1, 0.15) is 30.4 Å². The standard InChI is InChI=1S/C21H23N3O3/c25-21(12-9-17-5-4-6-20(15-17)24(26)27)22-19-10-7-18(8-11-19)16-23-13-2-1-3-14-23/h4-12,15H,1-3,13-14,16H2,(H,22,25)/b12-9+. The number of rotatable bonds is 6. The van der Waals surface area contributed by atoms with Crippen LogP contribution in [-0.4, -0.2) is 28.8 Å². The van der Waals surface area contributed by atoms with Gasteiger partial charge in [0.1, 0.15) is 0 Å². The Kier molecular flexibility index (Phi) is 6.33. The van der Waals surface area contributed by atoms with Gasteiger partial charge < -0.3 is 5.32 Å². The molecule has 140 valence electrons. The van der Waals surface area contributed by atoms with E-state index in [4.69, 9.17) is 0 Å². The minimum absolute atomic E-state index is 0.00172. The van der Waals surface area contributed by atoms with Crippen LogP contribution in [0.15, 0.2) is 54.6 Å². The first-order chi connectivity index (χ1) is 13.1. The van der Waals surface area contributed by atoms with E-state index in [9.17, 15) is 14.9 Å². The Hall–Kier alpha value is -2.99. The number of carbonyl (C=O) groups is 1. The number of hydrogen-bond acceptors (Lipinski definition) is 4. The van der Waals surface area contributed by atoms with Crippen LogP contribution in [0.25, 0.3) is 6.08 Å². The zero-order valence-electron chi connectivity index (χ0n) is 15.1. The number of likely N-dealkylation sites (tertiary alicyclic amines) is 1. The summed E-state index contributed by atoms with van der Waals surface area (Å²) < 4.78 is 0. The van der Waals surface area contributed by atoms with Crippen molar-refractivity contribution in [1.82, 2.24) is 4.90 Å².